The molecule has 1 heterocycles. The number of anilines is 1. The fourth-order valence-corrected chi connectivity index (χ4v) is 2.25. The topological polar surface area (TPSA) is 83.6 Å². The van der Waals surface area contributed by atoms with Crippen LogP contribution in [0.5, 0.6) is 0 Å². The number of H-pyrrole nitrogens is 1. The van der Waals surface area contributed by atoms with Crippen LogP contribution in [0, 0.1) is 5.82 Å². The molecule has 1 aromatic heterocycles. The summed E-state index contributed by atoms with van der Waals surface area (Å²) < 4.78 is 13.7. The van der Waals surface area contributed by atoms with Crippen LogP contribution in [-0.2, 0) is 11.2 Å². The summed E-state index contributed by atoms with van der Waals surface area (Å²) in [6, 6.07) is 15.5. The average Bonchev–Trinajstić information content (AvgIpc) is 3.10. The highest BCUT2D eigenvalue weighted by Gasteiger charge is 2.26. The number of carbonyl (C=O) groups is 1. The Morgan fingerprint density at radius 3 is 2.57 bits per heavy atom. The van der Waals surface area contributed by atoms with Crippen molar-refractivity contribution in [2.75, 3.05) is 5.32 Å². The highest BCUT2D eigenvalue weighted by atomic mass is 19.1. The van der Waals surface area contributed by atoms with Crippen molar-refractivity contribution in [1.29, 1.82) is 0 Å². The third kappa shape index (κ3) is 3.57. The van der Waals surface area contributed by atoms with Crippen molar-refractivity contribution in [3.8, 4) is 0 Å². The molecule has 0 saturated heterocycles. The lowest BCUT2D eigenvalue weighted by Gasteiger charge is -2.14. The number of para-hydroxylation sites is 1. The van der Waals surface area contributed by atoms with E-state index in [4.69, 9.17) is 0 Å². The molecule has 1 atom stereocenters. The van der Waals surface area contributed by atoms with Crippen molar-refractivity contribution in [2.24, 2.45) is 0 Å². The van der Waals surface area contributed by atoms with Crippen molar-refractivity contribution in [1.82, 2.24) is 20.6 Å². The number of aromatic amines is 1. The van der Waals surface area contributed by atoms with Gasteiger partial charge in [-0.25, -0.2) is 4.39 Å². The lowest BCUT2D eigenvalue weighted by Crippen LogP contribution is -2.24. The molecule has 0 aliphatic carbocycles. The van der Waals surface area contributed by atoms with E-state index in [1.807, 2.05) is 30.3 Å². The largest absolute Gasteiger partial charge is 0.323 e. The molecule has 0 aliphatic rings. The van der Waals surface area contributed by atoms with E-state index in [0.717, 1.165) is 5.56 Å². The van der Waals surface area contributed by atoms with Gasteiger partial charge in [-0.2, -0.15) is 5.21 Å². The number of carbonyl (C=O) groups excluding carboxylic acids is 1. The number of halogens is 1. The molecule has 7 heteroatoms. The summed E-state index contributed by atoms with van der Waals surface area (Å²) in [6.07, 6.45) is 0.390. The summed E-state index contributed by atoms with van der Waals surface area (Å²) in [7, 11) is 0. The molecular formula is C16H14FN5O. The molecular weight excluding hydrogens is 297 g/mol. The lowest BCUT2D eigenvalue weighted by atomic mass is 9.97. The van der Waals surface area contributed by atoms with Crippen LogP contribution in [0.3, 0.4) is 0 Å². The first kappa shape index (κ1) is 14.8. The second kappa shape index (κ2) is 6.78. The van der Waals surface area contributed by atoms with E-state index in [-0.39, 0.29) is 17.4 Å². The third-order valence-corrected chi connectivity index (χ3v) is 3.40. The molecule has 2 aromatic carbocycles. The highest BCUT2D eigenvalue weighted by molar-refractivity contribution is 5.95. The Hall–Kier alpha value is -3.09. The Labute approximate surface area is 131 Å². The van der Waals surface area contributed by atoms with Crippen LogP contribution in [0.4, 0.5) is 10.1 Å². The zero-order valence-electron chi connectivity index (χ0n) is 12.1. The van der Waals surface area contributed by atoms with Gasteiger partial charge in [0.15, 0.2) is 5.82 Å². The Morgan fingerprint density at radius 1 is 1.13 bits per heavy atom. The number of benzene rings is 2. The van der Waals surface area contributed by atoms with Crippen molar-refractivity contribution >= 4 is 11.6 Å². The summed E-state index contributed by atoms with van der Waals surface area (Å²) in [5, 5.41) is 16.2. The van der Waals surface area contributed by atoms with E-state index in [1.165, 1.54) is 12.1 Å². The van der Waals surface area contributed by atoms with Crippen LogP contribution in [-0.4, -0.2) is 26.5 Å². The molecule has 0 radical (unpaired) electrons. The second-order valence-corrected chi connectivity index (χ2v) is 4.98. The van der Waals surface area contributed by atoms with Gasteiger partial charge in [0.2, 0.25) is 5.91 Å². The summed E-state index contributed by atoms with van der Waals surface area (Å²) in [5.74, 6) is -1.29. The van der Waals surface area contributed by atoms with Crippen LogP contribution >= 0.6 is 0 Å². The second-order valence-electron chi connectivity index (χ2n) is 4.98. The van der Waals surface area contributed by atoms with Gasteiger partial charge in [-0.3, -0.25) is 4.79 Å². The van der Waals surface area contributed by atoms with E-state index in [2.05, 4.69) is 25.9 Å². The fourth-order valence-electron chi connectivity index (χ4n) is 2.25. The first-order chi connectivity index (χ1) is 11.2. The average molecular weight is 311 g/mol. The van der Waals surface area contributed by atoms with Gasteiger partial charge >= 0.3 is 0 Å². The number of tetrazole rings is 1. The smallest absolute Gasteiger partial charge is 0.235 e. The van der Waals surface area contributed by atoms with Gasteiger partial charge in [0.25, 0.3) is 0 Å². The van der Waals surface area contributed by atoms with E-state index in [9.17, 15) is 9.18 Å². The van der Waals surface area contributed by atoms with Gasteiger partial charge in [0.1, 0.15) is 11.7 Å². The molecule has 0 aliphatic heterocycles. The van der Waals surface area contributed by atoms with Gasteiger partial charge in [0, 0.05) is 0 Å². The minimum Gasteiger partial charge on any atom is -0.323 e. The number of aromatic nitrogens is 4. The summed E-state index contributed by atoms with van der Waals surface area (Å²) >= 11 is 0. The fraction of sp³-hybridized carbons (Fsp3) is 0.125. The Bertz CT molecular complexity index is 776. The SMILES string of the molecule is O=C(Nc1ccccc1F)C(Cc1ccccc1)c1nn[nH]n1. The molecule has 3 aromatic rings. The first-order valence-corrected chi connectivity index (χ1v) is 7.06. The minimum atomic E-state index is -0.671. The van der Waals surface area contributed by atoms with E-state index < -0.39 is 11.7 Å². The summed E-state index contributed by atoms with van der Waals surface area (Å²) in [4.78, 5) is 12.6. The predicted octanol–water partition coefficient (Wildman–Crippen LogP) is 2.30. The lowest BCUT2D eigenvalue weighted by molar-refractivity contribution is -0.117. The van der Waals surface area contributed by atoms with Gasteiger partial charge in [-0.1, -0.05) is 47.7 Å². The zero-order chi connectivity index (χ0) is 16.1. The number of amides is 1. The van der Waals surface area contributed by atoms with Crippen molar-refractivity contribution in [3.63, 3.8) is 0 Å². The standard InChI is InChI=1S/C16H14FN5O/c17-13-8-4-5-9-14(13)18-16(23)12(15-19-21-22-20-15)10-11-6-2-1-3-7-11/h1-9,12H,10H2,(H,18,23)(H,19,20,21,22). The maximum absolute atomic E-state index is 13.7. The molecule has 2 N–H and O–H groups in total. The Kier molecular flexibility index (Phi) is 4.37. The van der Waals surface area contributed by atoms with Gasteiger partial charge < -0.3 is 5.32 Å². The number of rotatable bonds is 5. The Balaban J connectivity index is 1.83. The van der Waals surface area contributed by atoms with E-state index >= 15 is 0 Å². The molecule has 0 fully saturated rings. The monoisotopic (exact) mass is 311 g/mol. The molecule has 0 bridgehead atoms. The maximum atomic E-state index is 13.7. The number of hydrogen-bond acceptors (Lipinski definition) is 4. The molecule has 3 rings (SSSR count). The molecule has 6 nitrogen and oxygen atoms in total. The van der Waals surface area contributed by atoms with Crippen LogP contribution in [0.15, 0.2) is 54.6 Å². The van der Waals surface area contributed by atoms with Crippen LogP contribution in [0.1, 0.15) is 17.3 Å². The van der Waals surface area contributed by atoms with Crippen LogP contribution in [0.2, 0.25) is 0 Å². The number of nitrogens with zero attached hydrogens (tertiary/aromatic N) is 3. The molecule has 0 spiro atoms. The maximum Gasteiger partial charge on any atom is 0.235 e. The zero-order valence-corrected chi connectivity index (χ0v) is 12.1. The van der Waals surface area contributed by atoms with Crippen molar-refractivity contribution in [2.45, 2.75) is 12.3 Å². The van der Waals surface area contributed by atoms with E-state index in [0.29, 0.717) is 6.42 Å². The van der Waals surface area contributed by atoms with Crippen molar-refractivity contribution < 1.29 is 9.18 Å². The van der Waals surface area contributed by atoms with Gasteiger partial charge in [-0.15, -0.1) is 10.2 Å². The van der Waals surface area contributed by atoms with Crippen molar-refractivity contribution in [3.05, 3.63) is 71.8 Å². The molecule has 23 heavy (non-hydrogen) atoms. The number of hydrogen-bond donors (Lipinski definition) is 2. The Morgan fingerprint density at radius 2 is 1.87 bits per heavy atom. The molecule has 1 amide bonds. The van der Waals surface area contributed by atoms with Crippen LogP contribution in [0.25, 0.3) is 0 Å². The summed E-state index contributed by atoms with van der Waals surface area (Å²) in [5.41, 5.74) is 1.07. The highest BCUT2D eigenvalue weighted by Crippen LogP contribution is 2.21. The molecule has 1 unspecified atom stereocenters. The molecule has 116 valence electrons. The normalized spacial score (nSPS) is 11.9. The van der Waals surface area contributed by atoms with E-state index in [1.54, 1.807) is 12.1 Å². The van der Waals surface area contributed by atoms with Gasteiger partial charge in [0.05, 0.1) is 5.69 Å². The number of nitrogens with one attached hydrogen (secondary N) is 2. The molecule has 0 saturated carbocycles. The van der Waals surface area contributed by atoms with Crippen LogP contribution < -0.4 is 5.32 Å². The first-order valence-electron chi connectivity index (χ1n) is 7.06. The van der Waals surface area contributed by atoms with Gasteiger partial charge in [-0.05, 0) is 24.1 Å². The summed E-state index contributed by atoms with van der Waals surface area (Å²) in [6.45, 7) is 0. The minimum absolute atomic E-state index is 0.124. The quantitative estimate of drug-likeness (QED) is 0.757. The third-order valence-electron chi connectivity index (χ3n) is 3.40. The predicted molar refractivity (Wildman–Crippen MR) is 82.1 cm³/mol.